The fourth-order valence-electron chi connectivity index (χ4n) is 4.15. The standard InChI is InChI=1S/C25H29ClN4O2/c1-16(2)21-6-4-5-17(3)23(21)28-25(31)19-11-13-30(14-12-19)15-22-27-24(29-32-22)18-7-9-20(26)10-8-18/h4-10,16,19H,11-15H2,1-3H3,(H,28,31). The molecule has 0 saturated carbocycles. The average Bonchev–Trinajstić information content (AvgIpc) is 3.24. The lowest BCUT2D eigenvalue weighted by atomic mass is 9.94. The number of aryl methyl sites for hydroxylation is 1. The molecule has 7 heteroatoms. The van der Waals surface area contributed by atoms with E-state index in [2.05, 4.69) is 46.3 Å². The van der Waals surface area contributed by atoms with Crippen molar-refractivity contribution in [3.05, 3.63) is 64.5 Å². The number of anilines is 1. The minimum atomic E-state index is 0.0122. The van der Waals surface area contributed by atoms with Gasteiger partial charge in [0.1, 0.15) is 0 Å². The molecule has 3 aromatic rings. The summed E-state index contributed by atoms with van der Waals surface area (Å²) in [6.07, 6.45) is 1.62. The van der Waals surface area contributed by atoms with Gasteiger partial charge >= 0.3 is 0 Å². The number of piperidine rings is 1. The quantitative estimate of drug-likeness (QED) is 0.521. The van der Waals surface area contributed by atoms with Crippen molar-refractivity contribution in [3.63, 3.8) is 0 Å². The molecule has 32 heavy (non-hydrogen) atoms. The van der Waals surface area contributed by atoms with Gasteiger partial charge in [-0.2, -0.15) is 4.98 Å². The molecule has 168 valence electrons. The zero-order chi connectivity index (χ0) is 22.7. The second kappa shape index (κ2) is 9.84. The molecule has 0 bridgehead atoms. The van der Waals surface area contributed by atoms with Crippen molar-refractivity contribution in [1.29, 1.82) is 0 Å². The van der Waals surface area contributed by atoms with Gasteiger partial charge in [0.2, 0.25) is 17.6 Å². The van der Waals surface area contributed by atoms with Gasteiger partial charge in [0.15, 0.2) is 0 Å². The van der Waals surface area contributed by atoms with E-state index in [1.54, 1.807) is 0 Å². The normalized spacial score (nSPS) is 15.3. The van der Waals surface area contributed by atoms with Crippen LogP contribution in [0.2, 0.25) is 5.02 Å². The number of halogens is 1. The van der Waals surface area contributed by atoms with Gasteiger partial charge in [-0.25, -0.2) is 0 Å². The predicted octanol–water partition coefficient (Wildman–Crippen LogP) is 5.67. The SMILES string of the molecule is Cc1cccc(C(C)C)c1NC(=O)C1CCN(Cc2nc(-c3ccc(Cl)cc3)no2)CC1. The smallest absolute Gasteiger partial charge is 0.241 e. The van der Waals surface area contributed by atoms with Crippen molar-refractivity contribution in [3.8, 4) is 11.4 Å². The fraction of sp³-hybridized carbons (Fsp3) is 0.400. The maximum absolute atomic E-state index is 13.0. The van der Waals surface area contributed by atoms with Gasteiger partial charge in [-0.3, -0.25) is 9.69 Å². The topological polar surface area (TPSA) is 71.3 Å². The van der Waals surface area contributed by atoms with Crippen molar-refractivity contribution in [2.75, 3.05) is 18.4 Å². The molecule has 1 N–H and O–H groups in total. The maximum Gasteiger partial charge on any atom is 0.241 e. The Hall–Kier alpha value is -2.70. The number of nitrogens with zero attached hydrogens (tertiary/aromatic N) is 3. The zero-order valence-corrected chi connectivity index (χ0v) is 19.5. The second-order valence-electron chi connectivity index (χ2n) is 8.75. The number of rotatable bonds is 6. The summed E-state index contributed by atoms with van der Waals surface area (Å²) in [6.45, 7) is 8.58. The van der Waals surface area contributed by atoms with Crippen molar-refractivity contribution in [1.82, 2.24) is 15.0 Å². The number of benzene rings is 2. The number of carbonyl (C=O) groups is 1. The molecule has 1 saturated heterocycles. The first kappa shape index (κ1) is 22.5. The molecule has 1 aliphatic rings. The zero-order valence-electron chi connectivity index (χ0n) is 18.8. The molecule has 2 aromatic carbocycles. The summed E-state index contributed by atoms with van der Waals surface area (Å²) in [5, 5.41) is 7.97. The molecule has 0 aliphatic carbocycles. The van der Waals surface area contributed by atoms with E-state index < -0.39 is 0 Å². The van der Waals surface area contributed by atoms with Crippen LogP contribution in [0.5, 0.6) is 0 Å². The Morgan fingerprint density at radius 1 is 1.19 bits per heavy atom. The highest BCUT2D eigenvalue weighted by molar-refractivity contribution is 6.30. The van der Waals surface area contributed by atoms with Crippen LogP contribution in [0.25, 0.3) is 11.4 Å². The van der Waals surface area contributed by atoms with E-state index in [4.69, 9.17) is 16.1 Å². The number of hydrogen-bond donors (Lipinski definition) is 1. The predicted molar refractivity (Wildman–Crippen MR) is 127 cm³/mol. The van der Waals surface area contributed by atoms with Crippen LogP contribution >= 0.6 is 11.6 Å². The second-order valence-corrected chi connectivity index (χ2v) is 9.19. The van der Waals surface area contributed by atoms with Gasteiger partial charge in [0.05, 0.1) is 6.54 Å². The van der Waals surface area contributed by atoms with Gasteiger partial charge in [-0.05, 0) is 74.2 Å². The van der Waals surface area contributed by atoms with E-state index in [9.17, 15) is 4.79 Å². The lowest BCUT2D eigenvalue weighted by molar-refractivity contribution is -0.121. The van der Waals surface area contributed by atoms with Crippen molar-refractivity contribution < 1.29 is 9.32 Å². The van der Waals surface area contributed by atoms with Crippen LogP contribution in [0.15, 0.2) is 47.0 Å². The van der Waals surface area contributed by atoms with Crippen LogP contribution in [0.4, 0.5) is 5.69 Å². The lowest BCUT2D eigenvalue weighted by Gasteiger charge is -2.30. The Bertz CT molecular complexity index is 1070. The third kappa shape index (κ3) is 5.19. The number of para-hydroxylation sites is 1. The summed E-state index contributed by atoms with van der Waals surface area (Å²) in [5.74, 6) is 1.63. The number of aromatic nitrogens is 2. The van der Waals surface area contributed by atoms with Crippen molar-refractivity contribution in [2.24, 2.45) is 5.92 Å². The molecule has 0 atom stereocenters. The molecule has 1 amide bonds. The van der Waals surface area contributed by atoms with E-state index in [-0.39, 0.29) is 11.8 Å². The van der Waals surface area contributed by atoms with Gasteiger partial charge in [0.25, 0.3) is 0 Å². The first-order valence-corrected chi connectivity index (χ1v) is 11.5. The monoisotopic (exact) mass is 452 g/mol. The fourth-order valence-corrected chi connectivity index (χ4v) is 4.27. The van der Waals surface area contributed by atoms with E-state index >= 15 is 0 Å². The average molecular weight is 453 g/mol. The number of likely N-dealkylation sites (tertiary alicyclic amines) is 1. The Morgan fingerprint density at radius 2 is 1.91 bits per heavy atom. The first-order chi connectivity index (χ1) is 15.4. The molecule has 2 heterocycles. The molecule has 1 aliphatic heterocycles. The third-order valence-corrected chi connectivity index (χ3v) is 6.31. The van der Waals surface area contributed by atoms with Gasteiger partial charge < -0.3 is 9.84 Å². The lowest BCUT2D eigenvalue weighted by Crippen LogP contribution is -2.38. The van der Waals surface area contributed by atoms with E-state index in [1.807, 2.05) is 37.3 Å². The van der Waals surface area contributed by atoms with E-state index in [1.165, 1.54) is 5.56 Å². The van der Waals surface area contributed by atoms with Crippen LogP contribution in [-0.2, 0) is 11.3 Å². The summed E-state index contributed by atoms with van der Waals surface area (Å²) in [4.78, 5) is 19.7. The summed E-state index contributed by atoms with van der Waals surface area (Å²) >= 11 is 5.94. The van der Waals surface area contributed by atoms with Crippen molar-refractivity contribution >= 4 is 23.2 Å². The van der Waals surface area contributed by atoms with E-state index in [0.29, 0.717) is 29.2 Å². The minimum absolute atomic E-state index is 0.0122. The van der Waals surface area contributed by atoms with Crippen LogP contribution in [0, 0.1) is 12.8 Å². The summed E-state index contributed by atoms with van der Waals surface area (Å²) in [7, 11) is 0. The summed E-state index contributed by atoms with van der Waals surface area (Å²) < 4.78 is 5.44. The Balaban J connectivity index is 1.32. The van der Waals surface area contributed by atoms with Gasteiger partial charge in [0, 0.05) is 22.2 Å². The van der Waals surface area contributed by atoms with Crippen LogP contribution < -0.4 is 5.32 Å². The largest absolute Gasteiger partial charge is 0.338 e. The molecular formula is C25H29ClN4O2. The number of carbonyl (C=O) groups excluding carboxylic acids is 1. The molecule has 4 rings (SSSR count). The highest BCUT2D eigenvalue weighted by Gasteiger charge is 2.27. The van der Waals surface area contributed by atoms with Crippen LogP contribution in [0.3, 0.4) is 0 Å². The maximum atomic E-state index is 13.0. The molecular weight excluding hydrogens is 424 g/mol. The Kier molecular flexibility index (Phi) is 6.92. The highest BCUT2D eigenvalue weighted by atomic mass is 35.5. The Morgan fingerprint density at radius 3 is 2.59 bits per heavy atom. The van der Waals surface area contributed by atoms with Crippen molar-refractivity contribution in [2.45, 2.75) is 46.1 Å². The molecule has 0 unspecified atom stereocenters. The van der Waals surface area contributed by atoms with Crippen LogP contribution in [0.1, 0.15) is 49.6 Å². The highest BCUT2D eigenvalue weighted by Crippen LogP contribution is 2.29. The third-order valence-electron chi connectivity index (χ3n) is 6.06. The summed E-state index contributed by atoms with van der Waals surface area (Å²) in [5.41, 5.74) is 4.13. The molecule has 1 aromatic heterocycles. The minimum Gasteiger partial charge on any atom is -0.338 e. The number of hydrogen-bond acceptors (Lipinski definition) is 5. The number of amides is 1. The summed E-state index contributed by atoms with van der Waals surface area (Å²) in [6, 6.07) is 13.6. The molecule has 0 spiro atoms. The van der Waals surface area contributed by atoms with E-state index in [0.717, 1.165) is 42.7 Å². The van der Waals surface area contributed by atoms with Gasteiger partial charge in [-0.1, -0.05) is 48.8 Å². The van der Waals surface area contributed by atoms with Crippen LogP contribution in [-0.4, -0.2) is 34.0 Å². The first-order valence-electron chi connectivity index (χ1n) is 11.1. The molecule has 6 nitrogen and oxygen atoms in total. The number of nitrogens with one attached hydrogen (secondary N) is 1. The molecule has 0 radical (unpaired) electrons. The molecule has 1 fully saturated rings. The van der Waals surface area contributed by atoms with Gasteiger partial charge in [-0.15, -0.1) is 0 Å². The Labute approximate surface area is 194 Å².